The highest BCUT2D eigenvalue weighted by Gasteiger charge is 2.16. The topological polar surface area (TPSA) is 105 Å². The van der Waals surface area contributed by atoms with E-state index in [0.717, 1.165) is 11.3 Å². The Morgan fingerprint density at radius 3 is 2.66 bits per heavy atom. The molecule has 11 heteroatoms. The van der Waals surface area contributed by atoms with E-state index in [1.807, 2.05) is 29.9 Å². The SMILES string of the molecule is CN=C(NCCNS(=O)(=O)c1cccnc1)N(C)Cc1cn(C)nc1C(C)C.I. The maximum absolute atomic E-state index is 12.2. The third-order valence-electron chi connectivity index (χ3n) is 4.11. The van der Waals surface area contributed by atoms with Crippen LogP contribution in [0, 0.1) is 0 Å². The van der Waals surface area contributed by atoms with Crippen molar-refractivity contribution in [1.82, 2.24) is 29.7 Å². The predicted octanol–water partition coefficient (Wildman–Crippen LogP) is 1.54. The van der Waals surface area contributed by atoms with Crippen LogP contribution in [0.4, 0.5) is 0 Å². The Bertz CT molecular complexity index is 898. The van der Waals surface area contributed by atoms with E-state index < -0.39 is 10.0 Å². The molecule has 2 rings (SSSR count). The van der Waals surface area contributed by atoms with E-state index in [4.69, 9.17) is 0 Å². The molecular formula is C18H30IN7O2S. The molecule has 0 aliphatic carbocycles. The second kappa shape index (κ2) is 11.5. The molecule has 2 aromatic rings. The lowest BCUT2D eigenvalue weighted by Gasteiger charge is -2.22. The Morgan fingerprint density at radius 2 is 2.07 bits per heavy atom. The van der Waals surface area contributed by atoms with E-state index in [1.54, 1.807) is 13.1 Å². The summed E-state index contributed by atoms with van der Waals surface area (Å²) in [7, 11) is 1.99. The van der Waals surface area contributed by atoms with Crippen molar-refractivity contribution in [2.45, 2.75) is 31.2 Å². The number of hydrogen-bond acceptors (Lipinski definition) is 5. The summed E-state index contributed by atoms with van der Waals surface area (Å²) >= 11 is 0. The molecular weight excluding hydrogens is 505 g/mol. The standard InChI is InChI=1S/C18H29N7O2S.HI/c1-14(2)17-15(13-25(5)23-17)12-24(4)18(19-3)21-9-10-22-28(26,27)16-7-6-8-20-11-16;/h6-8,11,13-14,22H,9-10,12H2,1-5H3,(H,19,21);1H. The van der Waals surface area contributed by atoms with Gasteiger partial charge in [0.05, 0.1) is 5.69 Å². The third-order valence-corrected chi connectivity index (χ3v) is 5.56. The first-order chi connectivity index (χ1) is 13.2. The highest BCUT2D eigenvalue weighted by molar-refractivity contribution is 14.0. The molecule has 29 heavy (non-hydrogen) atoms. The molecule has 9 nitrogen and oxygen atoms in total. The van der Waals surface area contributed by atoms with E-state index in [1.165, 1.54) is 18.5 Å². The normalized spacial score (nSPS) is 12.0. The summed E-state index contributed by atoms with van der Waals surface area (Å²) in [6.45, 7) is 5.53. The summed E-state index contributed by atoms with van der Waals surface area (Å²) in [5.74, 6) is 1.01. The lowest BCUT2D eigenvalue weighted by molar-refractivity contribution is 0.473. The van der Waals surface area contributed by atoms with Gasteiger partial charge >= 0.3 is 0 Å². The van der Waals surface area contributed by atoms with Gasteiger partial charge in [0, 0.05) is 64.9 Å². The minimum Gasteiger partial charge on any atom is -0.355 e. The third kappa shape index (κ3) is 7.23. The van der Waals surface area contributed by atoms with Gasteiger partial charge in [-0.2, -0.15) is 5.10 Å². The Balaban J connectivity index is 0.00000420. The number of guanidine groups is 1. The number of rotatable bonds is 8. The Hall–Kier alpha value is -1.73. The molecule has 2 N–H and O–H groups in total. The Labute approximate surface area is 190 Å². The van der Waals surface area contributed by atoms with E-state index in [-0.39, 0.29) is 35.4 Å². The highest BCUT2D eigenvalue weighted by atomic mass is 127. The van der Waals surface area contributed by atoms with Gasteiger partial charge in [0.25, 0.3) is 0 Å². The molecule has 0 spiro atoms. The molecule has 0 saturated heterocycles. The minimum absolute atomic E-state index is 0. The second-order valence-electron chi connectivity index (χ2n) is 6.78. The van der Waals surface area contributed by atoms with Gasteiger partial charge in [0.15, 0.2) is 5.96 Å². The number of hydrogen-bond donors (Lipinski definition) is 2. The molecule has 2 heterocycles. The number of nitrogens with zero attached hydrogens (tertiary/aromatic N) is 5. The molecule has 0 fully saturated rings. The summed E-state index contributed by atoms with van der Waals surface area (Å²) in [4.78, 5) is 10.2. The van der Waals surface area contributed by atoms with Crippen LogP contribution in [0.2, 0.25) is 0 Å². The second-order valence-corrected chi connectivity index (χ2v) is 8.55. The summed E-state index contributed by atoms with van der Waals surface area (Å²) in [6, 6.07) is 3.10. The lowest BCUT2D eigenvalue weighted by Crippen LogP contribution is -2.42. The average Bonchev–Trinajstić information content (AvgIpc) is 3.02. The van der Waals surface area contributed by atoms with Crippen molar-refractivity contribution in [3.63, 3.8) is 0 Å². The number of nitrogens with one attached hydrogen (secondary N) is 2. The monoisotopic (exact) mass is 535 g/mol. The maximum Gasteiger partial charge on any atom is 0.242 e. The first-order valence-electron chi connectivity index (χ1n) is 9.08. The van der Waals surface area contributed by atoms with Gasteiger partial charge in [-0.1, -0.05) is 13.8 Å². The molecule has 2 aromatic heterocycles. The molecule has 0 aliphatic rings. The zero-order valence-electron chi connectivity index (χ0n) is 17.5. The van der Waals surface area contributed by atoms with Gasteiger partial charge in [-0.3, -0.25) is 14.7 Å². The summed E-state index contributed by atoms with van der Waals surface area (Å²) in [6.07, 6.45) is 4.87. The summed E-state index contributed by atoms with van der Waals surface area (Å²) in [5.41, 5.74) is 2.20. The van der Waals surface area contributed by atoms with Gasteiger partial charge < -0.3 is 10.2 Å². The smallest absolute Gasteiger partial charge is 0.242 e. The molecule has 0 unspecified atom stereocenters. The minimum atomic E-state index is -3.56. The van der Waals surface area contributed by atoms with Gasteiger partial charge in [-0.25, -0.2) is 13.1 Å². The number of aliphatic imine (C=N–C) groups is 1. The van der Waals surface area contributed by atoms with Crippen LogP contribution in [-0.2, 0) is 23.6 Å². The molecule has 0 radical (unpaired) electrons. The molecule has 0 aliphatic heterocycles. The van der Waals surface area contributed by atoms with E-state index >= 15 is 0 Å². The van der Waals surface area contributed by atoms with Crippen molar-refractivity contribution in [2.24, 2.45) is 12.0 Å². The van der Waals surface area contributed by atoms with Gasteiger partial charge in [-0.15, -0.1) is 24.0 Å². The largest absolute Gasteiger partial charge is 0.355 e. The number of aromatic nitrogens is 3. The number of pyridine rings is 1. The van der Waals surface area contributed by atoms with Crippen molar-refractivity contribution in [3.8, 4) is 0 Å². The van der Waals surface area contributed by atoms with Crippen LogP contribution in [0.3, 0.4) is 0 Å². The summed E-state index contributed by atoms with van der Waals surface area (Å²) in [5, 5.41) is 7.70. The molecule has 0 saturated carbocycles. The number of aryl methyl sites for hydroxylation is 1. The van der Waals surface area contributed by atoms with Gasteiger partial charge in [0.1, 0.15) is 4.90 Å². The summed E-state index contributed by atoms with van der Waals surface area (Å²) < 4.78 is 28.8. The molecule has 0 bridgehead atoms. The fourth-order valence-corrected chi connectivity index (χ4v) is 3.82. The quantitative estimate of drug-likeness (QED) is 0.230. The van der Waals surface area contributed by atoms with Gasteiger partial charge in [0.2, 0.25) is 10.0 Å². The van der Waals surface area contributed by atoms with Crippen LogP contribution in [0.15, 0.2) is 40.6 Å². The first kappa shape index (κ1) is 25.3. The zero-order chi connectivity index (χ0) is 20.7. The Kier molecular flexibility index (Phi) is 10.00. The van der Waals surface area contributed by atoms with E-state index in [9.17, 15) is 8.42 Å². The Morgan fingerprint density at radius 1 is 1.34 bits per heavy atom. The highest BCUT2D eigenvalue weighted by Crippen LogP contribution is 2.18. The molecule has 162 valence electrons. The van der Waals surface area contributed by atoms with Crippen LogP contribution < -0.4 is 10.0 Å². The zero-order valence-corrected chi connectivity index (χ0v) is 20.6. The predicted molar refractivity (Wildman–Crippen MR) is 125 cm³/mol. The van der Waals surface area contributed by atoms with Crippen LogP contribution in [0.1, 0.15) is 31.0 Å². The lowest BCUT2D eigenvalue weighted by atomic mass is 10.1. The van der Waals surface area contributed by atoms with Crippen molar-refractivity contribution in [1.29, 1.82) is 0 Å². The fourth-order valence-electron chi connectivity index (χ4n) is 2.83. The number of sulfonamides is 1. The molecule has 0 amide bonds. The van der Waals surface area contributed by atoms with Crippen molar-refractivity contribution in [2.75, 3.05) is 27.2 Å². The van der Waals surface area contributed by atoms with Crippen molar-refractivity contribution >= 4 is 40.0 Å². The fraction of sp³-hybridized carbons (Fsp3) is 0.500. The number of halogens is 1. The van der Waals surface area contributed by atoms with E-state index in [0.29, 0.717) is 25.0 Å². The van der Waals surface area contributed by atoms with E-state index in [2.05, 4.69) is 39.0 Å². The molecule has 0 aromatic carbocycles. The van der Waals surface area contributed by atoms with Crippen LogP contribution in [-0.4, -0.2) is 61.2 Å². The van der Waals surface area contributed by atoms with Crippen LogP contribution in [0.5, 0.6) is 0 Å². The molecule has 0 atom stereocenters. The van der Waals surface area contributed by atoms with Crippen LogP contribution >= 0.6 is 24.0 Å². The van der Waals surface area contributed by atoms with Gasteiger partial charge in [-0.05, 0) is 18.1 Å². The van der Waals surface area contributed by atoms with Crippen molar-refractivity contribution < 1.29 is 8.42 Å². The van der Waals surface area contributed by atoms with Crippen LogP contribution in [0.25, 0.3) is 0 Å². The maximum atomic E-state index is 12.2. The first-order valence-corrected chi connectivity index (χ1v) is 10.6. The average molecular weight is 535 g/mol. The van der Waals surface area contributed by atoms with Crippen molar-refractivity contribution in [3.05, 3.63) is 42.0 Å².